The van der Waals surface area contributed by atoms with Gasteiger partial charge in [-0.2, -0.15) is 23.3 Å². The summed E-state index contributed by atoms with van der Waals surface area (Å²) >= 11 is 0. The highest BCUT2D eigenvalue weighted by Gasteiger charge is 2.46. The molecular formula is C21H17F3N4O3. The molecule has 0 saturated carbocycles. The molecule has 0 bridgehead atoms. The van der Waals surface area contributed by atoms with Crippen LogP contribution >= 0.6 is 0 Å². The molecule has 7 nitrogen and oxygen atoms in total. The van der Waals surface area contributed by atoms with Crippen molar-refractivity contribution in [3.05, 3.63) is 77.8 Å². The van der Waals surface area contributed by atoms with Crippen molar-refractivity contribution >= 4 is 11.9 Å². The van der Waals surface area contributed by atoms with E-state index in [0.717, 1.165) is 6.33 Å². The van der Waals surface area contributed by atoms with Crippen molar-refractivity contribution in [2.45, 2.75) is 19.1 Å². The maximum atomic E-state index is 13.8. The predicted molar refractivity (Wildman–Crippen MR) is 104 cm³/mol. The van der Waals surface area contributed by atoms with Crippen LogP contribution in [0.4, 0.5) is 19.1 Å². The molecule has 0 fully saturated rings. The normalized spacial score (nSPS) is 15.8. The Balaban J connectivity index is 1.83. The Hall–Kier alpha value is -3.82. The smallest absolute Gasteiger partial charge is 0.431 e. The van der Waals surface area contributed by atoms with Gasteiger partial charge in [0.1, 0.15) is 29.6 Å². The van der Waals surface area contributed by atoms with E-state index in [0.29, 0.717) is 17.1 Å². The fourth-order valence-electron chi connectivity index (χ4n) is 3.29. The van der Waals surface area contributed by atoms with Gasteiger partial charge in [0, 0.05) is 0 Å². The monoisotopic (exact) mass is 430 g/mol. The highest BCUT2D eigenvalue weighted by Crippen LogP contribution is 2.41. The number of anilines is 1. The molecule has 31 heavy (non-hydrogen) atoms. The molecule has 1 unspecified atom stereocenters. The predicted octanol–water partition coefficient (Wildman–Crippen LogP) is 4.46. The van der Waals surface area contributed by atoms with Gasteiger partial charge in [0.25, 0.3) is 0 Å². The number of allylic oxidation sites excluding steroid dienone is 1. The Bertz CT molecular complexity index is 1130. The first-order valence-electron chi connectivity index (χ1n) is 9.36. The molecule has 1 aliphatic rings. The summed E-state index contributed by atoms with van der Waals surface area (Å²) in [6.45, 7) is 1.44. The van der Waals surface area contributed by atoms with Crippen LogP contribution < -0.4 is 10.1 Å². The topological polar surface area (TPSA) is 78.3 Å². The first-order chi connectivity index (χ1) is 14.9. The maximum absolute atomic E-state index is 13.8. The van der Waals surface area contributed by atoms with Crippen molar-refractivity contribution in [3.8, 4) is 11.5 Å². The molecule has 0 radical (unpaired) electrons. The van der Waals surface area contributed by atoms with E-state index in [-0.39, 0.29) is 12.6 Å². The van der Waals surface area contributed by atoms with Gasteiger partial charge in [-0.3, -0.25) is 0 Å². The lowest BCUT2D eigenvalue weighted by molar-refractivity contribution is -0.140. The van der Waals surface area contributed by atoms with E-state index in [2.05, 4.69) is 15.4 Å². The molecule has 1 aromatic heterocycles. The number of fused-ring (bicyclic) bond motifs is 1. The van der Waals surface area contributed by atoms with E-state index in [1.165, 1.54) is 11.6 Å². The largest absolute Gasteiger partial charge is 0.463 e. The lowest BCUT2D eigenvalue weighted by Gasteiger charge is -2.30. The number of rotatable bonds is 5. The lowest BCUT2D eigenvalue weighted by atomic mass is 9.95. The molecule has 1 atom stereocenters. The van der Waals surface area contributed by atoms with Crippen LogP contribution in [0.3, 0.4) is 0 Å². The summed E-state index contributed by atoms with van der Waals surface area (Å²) in [6, 6.07) is 14.1. The Morgan fingerprint density at radius 1 is 1.13 bits per heavy atom. The number of nitrogens with one attached hydrogen (secondary N) is 1. The number of nitrogens with zero attached hydrogens (tertiary/aromatic N) is 3. The fourth-order valence-corrected chi connectivity index (χ4v) is 3.29. The standard InChI is InChI=1S/C21H17F3N4O3/c1-2-30-19(29)16-17(28-20(25-12-26-28)27-18(16)21(22,23)24)13-7-6-10-15(11-13)31-14-8-4-3-5-9-14/h3-12,17H,2H2,1H3,(H,25,26,27). The molecule has 0 spiro atoms. The van der Waals surface area contributed by atoms with Crippen LogP contribution in [0.2, 0.25) is 0 Å². The van der Waals surface area contributed by atoms with Gasteiger partial charge in [0.05, 0.1) is 12.2 Å². The van der Waals surface area contributed by atoms with E-state index < -0.39 is 29.5 Å². The second-order valence-corrected chi connectivity index (χ2v) is 6.55. The minimum absolute atomic E-state index is 0.0818. The molecule has 1 aliphatic heterocycles. The van der Waals surface area contributed by atoms with Crippen molar-refractivity contribution in [3.63, 3.8) is 0 Å². The third-order valence-corrected chi connectivity index (χ3v) is 4.53. The second-order valence-electron chi connectivity index (χ2n) is 6.55. The summed E-state index contributed by atoms with van der Waals surface area (Å²) in [5.41, 5.74) is -1.48. The molecule has 2 aromatic carbocycles. The van der Waals surface area contributed by atoms with Gasteiger partial charge in [0.2, 0.25) is 5.95 Å². The van der Waals surface area contributed by atoms with Crippen LogP contribution in [0.1, 0.15) is 18.5 Å². The quantitative estimate of drug-likeness (QED) is 0.602. The van der Waals surface area contributed by atoms with E-state index in [1.807, 2.05) is 6.07 Å². The minimum Gasteiger partial charge on any atom is -0.463 e. The van der Waals surface area contributed by atoms with E-state index in [1.54, 1.807) is 48.5 Å². The number of halogens is 3. The Morgan fingerprint density at radius 2 is 1.87 bits per heavy atom. The third-order valence-electron chi connectivity index (χ3n) is 4.53. The minimum atomic E-state index is -4.84. The molecule has 2 heterocycles. The first-order valence-corrected chi connectivity index (χ1v) is 9.36. The van der Waals surface area contributed by atoms with E-state index in [4.69, 9.17) is 9.47 Å². The first kappa shape index (κ1) is 20.5. The molecule has 160 valence electrons. The van der Waals surface area contributed by atoms with Crippen molar-refractivity contribution in [2.75, 3.05) is 11.9 Å². The zero-order valence-electron chi connectivity index (χ0n) is 16.3. The Kier molecular flexibility index (Phi) is 5.37. The number of hydrogen-bond donors (Lipinski definition) is 1. The van der Waals surface area contributed by atoms with Gasteiger partial charge >= 0.3 is 12.1 Å². The second kappa shape index (κ2) is 8.13. The van der Waals surface area contributed by atoms with Crippen LogP contribution in [-0.2, 0) is 9.53 Å². The Morgan fingerprint density at radius 3 is 2.58 bits per heavy atom. The highest BCUT2D eigenvalue weighted by atomic mass is 19.4. The number of aromatic nitrogens is 3. The molecule has 3 aromatic rings. The van der Waals surface area contributed by atoms with Gasteiger partial charge in [-0.25, -0.2) is 9.48 Å². The van der Waals surface area contributed by atoms with Gasteiger partial charge < -0.3 is 14.8 Å². The van der Waals surface area contributed by atoms with Crippen molar-refractivity contribution in [1.82, 2.24) is 14.8 Å². The van der Waals surface area contributed by atoms with Gasteiger partial charge in [-0.1, -0.05) is 30.3 Å². The number of hydrogen-bond acceptors (Lipinski definition) is 6. The van der Waals surface area contributed by atoms with Crippen LogP contribution in [-0.4, -0.2) is 33.5 Å². The highest BCUT2D eigenvalue weighted by molar-refractivity contribution is 5.92. The Labute approximate surface area is 175 Å². The number of para-hydroxylation sites is 1. The van der Waals surface area contributed by atoms with Crippen LogP contribution in [0.5, 0.6) is 11.5 Å². The average Bonchev–Trinajstić information content (AvgIpc) is 3.21. The number of carbonyl (C=O) groups is 1. The summed E-state index contributed by atoms with van der Waals surface area (Å²) < 4.78 is 53.5. The third kappa shape index (κ3) is 4.09. The molecule has 0 amide bonds. The van der Waals surface area contributed by atoms with Crippen LogP contribution in [0.25, 0.3) is 0 Å². The van der Waals surface area contributed by atoms with Crippen molar-refractivity contribution in [2.24, 2.45) is 0 Å². The number of esters is 1. The van der Waals surface area contributed by atoms with Gasteiger partial charge in [0.15, 0.2) is 0 Å². The van der Waals surface area contributed by atoms with Gasteiger partial charge in [-0.15, -0.1) is 0 Å². The van der Waals surface area contributed by atoms with Crippen LogP contribution in [0, 0.1) is 0 Å². The molecule has 0 saturated heterocycles. The summed E-state index contributed by atoms with van der Waals surface area (Å²) in [5.74, 6) is -0.285. The van der Waals surface area contributed by atoms with E-state index in [9.17, 15) is 18.0 Å². The lowest BCUT2D eigenvalue weighted by Crippen LogP contribution is -2.35. The molecular weight excluding hydrogens is 413 g/mol. The summed E-state index contributed by atoms with van der Waals surface area (Å²) in [7, 11) is 0. The van der Waals surface area contributed by atoms with Gasteiger partial charge in [-0.05, 0) is 36.8 Å². The SMILES string of the molecule is CCOC(=O)C1=C(C(F)(F)F)Nc2ncnn2C1c1cccc(Oc2ccccc2)c1. The van der Waals surface area contributed by atoms with Crippen molar-refractivity contribution < 1.29 is 27.4 Å². The molecule has 4 rings (SSSR count). The molecule has 1 N–H and O–H groups in total. The molecule has 0 aliphatic carbocycles. The molecule has 10 heteroatoms. The summed E-state index contributed by atoms with van der Waals surface area (Å²) in [4.78, 5) is 16.5. The van der Waals surface area contributed by atoms with E-state index >= 15 is 0 Å². The fraction of sp³-hybridized carbons (Fsp3) is 0.190. The average molecular weight is 430 g/mol. The van der Waals surface area contributed by atoms with Crippen LogP contribution in [0.15, 0.2) is 72.2 Å². The zero-order chi connectivity index (χ0) is 22.0. The summed E-state index contributed by atoms with van der Waals surface area (Å²) in [6.07, 6.45) is -3.72. The zero-order valence-corrected chi connectivity index (χ0v) is 16.3. The number of ether oxygens (including phenoxy) is 2. The number of carbonyl (C=O) groups excluding carboxylic acids is 1. The summed E-state index contributed by atoms with van der Waals surface area (Å²) in [5, 5.41) is 6.20. The number of alkyl halides is 3. The van der Waals surface area contributed by atoms with Crippen molar-refractivity contribution in [1.29, 1.82) is 0 Å². The maximum Gasteiger partial charge on any atom is 0.431 e. The number of benzene rings is 2.